The van der Waals surface area contributed by atoms with Crippen LogP contribution in [0.5, 0.6) is 6.01 Å². The first-order valence-electron chi connectivity index (χ1n) is 7.14. The first kappa shape index (κ1) is 15.0. The summed E-state index contributed by atoms with van der Waals surface area (Å²) >= 11 is 0. The number of amides is 1. The molecule has 2 rings (SSSR count). The molecule has 2 N–H and O–H groups in total. The van der Waals surface area contributed by atoms with Gasteiger partial charge in [-0.25, -0.2) is 5.10 Å². The van der Waals surface area contributed by atoms with Gasteiger partial charge in [-0.1, -0.05) is 31.2 Å². The third-order valence-electron chi connectivity index (χ3n) is 3.07. The highest BCUT2D eigenvalue weighted by Crippen LogP contribution is 2.09. The Hall–Kier alpha value is -2.37. The molecule has 0 radical (unpaired) electrons. The minimum atomic E-state index is -0.103. The molecule has 1 aromatic heterocycles. The normalized spacial score (nSPS) is 10.4. The van der Waals surface area contributed by atoms with E-state index in [1.54, 1.807) is 0 Å². The Bertz CT molecular complexity index is 578. The number of rotatable bonds is 7. The van der Waals surface area contributed by atoms with Gasteiger partial charge in [-0.2, -0.15) is 4.98 Å². The van der Waals surface area contributed by atoms with E-state index in [4.69, 9.17) is 4.74 Å². The molecule has 0 fully saturated rings. The third kappa shape index (κ3) is 4.59. The van der Waals surface area contributed by atoms with E-state index in [1.165, 1.54) is 5.56 Å². The smallest absolute Gasteiger partial charge is 0.337 e. The molecule has 0 aliphatic heterocycles. The molecule has 21 heavy (non-hydrogen) atoms. The van der Waals surface area contributed by atoms with E-state index in [2.05, 4.69) is 51.7 Å². The molecule has 112 valence electrons. The number of benzene rings is 1. The number of carbonyl (C=O) groups excluding carboxylic acids is 1. The fourth-order valence-electron chi connectivity index (χ4n) is 1.89. The molecule has 0 unspecified atom stereocenters. The average Bonchev–Trinajstić information content (AvgIpc) is 2.93. The average molecular weight is 288 g/mol. The lowest BCUT2D eigenvalue weighted by atomic mass is 10.1. The first-order valence-corrected chi connectivity index (χ1v) is 7.14. The minimum Gasteiger partial charge on any atom is -0.463 e. The molecule has 0 saturated carbocycles. The first-order chi connectivity index (χ1) is 10.2. The van der Waals surface area contributed by atoms with Crippen LogP contribution in [0.4, 0.5) is 5.95 Å². The molecule has 6 heteroatoms. The molecule has 1 aromatic carbocycles. The van der Waals surface area contributed by atoms with E-state index in [0.717, 1.165) is 12.0 Å². The van der Waals surface area contributed by atoms with Crippen LogP contribution in [0.25, 0.3) is 0 Å². The number of nitrogens with zero attached hydrogens (tertiary/aromatic N) is 2. The van der Waals surface area contributed by atoms with Crippen molar-refractivity contribution in [3.63, 3.8) is 0 Å². The monoisotopic (exact) mass is 288 g/mol. The van der Waals surface area contributed by atoms with E-state index in [0.29, 0.717) is 25.4 Å². The number of aromatic amines is 1. The van der Waals surface area contributed by atoms with Gasteiger partial charge in [0.15, 0.2) is 0 Å². The summed E-state index contributed by atoms with van der Waals surface area (Å²) < 4.78 is 5.11. The summed E-state index contributed by atoms with van der Waals surface area (Å²) in [6.45, 7) is 4.45. The van der Waals surface area contributed by atoms with E-state index < -0.39 is 0 Å². The van der Waals surface area contributed by atoms with Crippen molar-refractivity contribution in [2.75, 3.05) is 11.9 Å². The van der Waals surface area contributed by atoms with Crippen molar-refractivity contribution in [3.8, 4) is 6.01 Å². The predicted octanol–water partition coefficient (Wildman–Crippen LogP) is 2.34. The summed E-state index contributed by atoms with van der Waals surface area (Å²) in [5.41, 5.74) is 2.45. The van der Waals surface area contributed by atoms with Crippen LogP contribution in [0.3, 0.4) is 0 Å². The molecule has 1 heterocycles. The number of carbonyl (C=O) groups is 1. The quantitative estimate of drug-likeness (QED) is 0.819. The molecule has 2 aromatic rings. The summed E-state index contributed by atoms with van der Waals surface area (Å²) in [6, 6.07) is 8.56. The van der Waals surface area contributed by atoms with Crippen molar-refractivity contribution in [1.29, 1.82) is 0 Å². The van der Waals surface area contributed by atoms with Gasteiger partial charge in [-0.05, 0) is 30.9 Å². The van der Waals surface area contributed by atoms with Crippen molar-refractivity contribution in [3.05, 3.63) is 35.4 Å². The molecular weight excluding hydrogens is 268 g/mol. The molecular formula is C15H20N4O2. The summed E-state index contributed by atoms with van der Waals surface area (Å²) in [4.78, 5) is 15.8. The molecule has 0 atom stereocenters. The Morgan fingerprint density at radius 1 is 1.24 bits per heavy atom. The van der Waals surface area contributed by atoms with Crippen molar-refractivity contribution in [2.24, 2.45) is 0 Å². The van der Waals surface area contributed by atoms with Crippen LogP contribution in [-0.2, 0) is 17.6 Å². The van der Waals surface area contributed by atoms with Gasteiger partial charge in [0.25, 0.3) is 0 Å². The lowest BCUT2D eigenvalue weighted by Gasteiger charge is -2.03. The summed E-state index contributed by atoms with van der Waals surface area (Å²) in [5.74, 6) is 0.207. The second kappa shape index (κ2) is 7.42. The third-order valence-corrected chi connectivity index (χ3v) is 3.07. The van der Waals surface area contributed by atoms with Gasteiger partial charge in [0.2, 0.25) is 11.9 Å². The SMILES string of the molecule is CCOc1n[nH]c(NC(=O)CCc2ccc(CC)cc2)n1. The van der Waals surface area contributed by atoms with Crippen molar-refractivity contribution >= 4 is 11.9 Å². The zero-order valence-electron chi connectivity index (χ0n) is 12.3. The zero-order valence-corrected chi connectivity index (χ0v) is 12.3. The van der Waals surface area contributed by atoms with Crippen molar-refractivity contribution in [2.45, 2.75) is 33.1 Å². The number of ether oxygens (including phenoxy) is 1. The van der Waals surface area contributed by atoms with Crippen LogP contribution in [-0.4, -0.2) is 27.7 Å². The molecule has 6 nitrogen and oxygen atoms in total. The lowest BCUT2D eigenvalue weighted by molar-refractivity contribution is -0.116. The summed E-state index contributed by atoms with van der Waals surface area (Å²) in [5, 5.41) is 9.11. The van der Waals surface area contributed by atoms with Crippen molar-refractivity contribution in [1.82, 2.24) is 15.2 Å². The Morgan fingerprint density at radius 3 is 2.62 bits per heavy atom. The van der Waals surface area contributed by atoms with Gasteiger partial charge in [0.05, 0.1) is 6.61 Å². The Balaban J connectivity index is 1.80. The van der Waals surface area contributed by atoms with Gasteiger partial charge < -0.3 is 4.74 Å². The topological polar surface area (TPSA) is 79.9 Å². The Labute approximate surface area is 123 Å². The maximum absolute atomic E-state index is 11.8. The number of aromatic nitrogens is 3. The highest BCUT2D eigenvalue weighted by atomic mass is 16.5. The highest BCUT2D eigenvalue weighted by Gasteiger charge is 2.08. The lowest BCUT2D eigenvalue weighted by Crippen LogP contribution is -2.13. The predicted molar refractivity (Wildman–Crippen MR) is 80.3 cm³/mol. The van der Waals surface area contributed by atoms with E-state index in [1.807, 2.05) is 6.92 Å². The second-order valence-electron chi connectivity index (χ2n) is 4.62. The maximum atomic E-state index is 11.8. The standard InChI is InChI=1S/C15H20N4O2/c1-3-11-5-7-12(8-6-11)9-10-13(20)16-14-17-15(19-18-14)21-4-2/h5-8H,3-4,9-10H2,1-2H3,(H2,16,17,18,19,20). The van der Waals surface area contributed by atoms with Crippen LogP contribution >= 0.6 is 0 Å². The molecule has 0 aliphatic rings. The number of hydrogen-bond donors (Lipinski definition) is 2. The van der Waals surface area contributed by atoms with E-state index in [-0.39, 0.29) is 11.9 Å². The van der Waals surface area contributed by atoms with Gasteiger partial charge in [0.1, 0.15) is 0 Å². The van der Waals surface area contributed by atoms with E-state index in [9.17, 15) is 4.79 Å². The minimum absolute atomic E-state index is 0.103. The van der Waals surface area contributed by atoms with Crippen LogP contribution in [0.1, 0.15) is 31.4 Å². The van der Waals surface area contributed by atoms with Crippen LogP contribution in [0.2, 0.25) is 0 Å². The van der Waals surface area contributed by atoms with Gasteiger partial charge >= 0.3 is 6.01 Å². The number of nitrogens with one attached hydrogen (secondary N) is 2. The fraction of sp³-hybridized carbons (Fsp3) is 0.400. The Kier molecular flexibility index (Phi) is 5.31. The summed E-state index contributed by atoms with van der Waals surface area (Å²) in [6.07, 6.45) is 2.12. The number of H-pyrrole nitrogens is 1. The number of aryl methyl sites for hydroxylation is 2. The van der Waals surface area contributed by atoms with Crippen LogP contribution < -0.4 is 10.1 Å². The van der Waals surface area contributed by atoms with Crippen molar-refractivity contribution < 1.29 is 9.53 Å². The van der Waals surface area contributed by atoms with E-state index >= 15 is 0 Å². The van der Waals surface area contributed by atoms with Crippen LogP contribution in [0.15, 0.2) is 24.3 Å². The molecule has 1 amide bonds. The van der Waals surface area contributed by atoms with Gasteiger partial charge in [-0.15, -0.1) is 5.10 Å². The molecule has 0 aliphatic carbocycles. The zero-order chi connectivity index (χ0) is 15.1. The largest absolute Gasteiger partial charge is 0.463 e. The maximum Gasteiger partial charge on any atom is 0.337 e. The second-order valence-corrected chi connectivity index (χ2v) is 4.62. The number of hydrogen-bond acceptors (Lipinski definition) is 4. The number of anilines is 1. The fourth-order valence-corrected chi connectivity index (χ4v) is 1.89. The molecule has 0 bridgehead atoms. The van der Waals surface area contributed by atoms with Crippen LogP contribution in [0, 0.1) is 0 Å². The molecule has 0 saturated heterocycles. The highest BCUT2D eigenvalue weighted by molar-refractivity contribution is 5.89. The molecule has 0 spiro atoms. The Morgan fingerprint density at radius 2 is 1.95 bits per heavy atom. The summed E-state index contributed by atoms with van der Waals surface area (Å²) in [7, 11) is 0. The van der Waals surface area contributed by atoms with Gasteiger partial charge in [0, 0.05) is 6.42 Å². The van der Waals surface area contributed by atoms with Gasteiger partial charge in [-0.3, -0.25) is 10.1 Å².